The summed E-state index contributed by atoms with van der Waals surface area (Å²) >= 11 is 3.42. The molecule has 1 atom stereocenters. The minimum atomic E-state index is -0.104. The first-order valence-electron chi connectivity index (χ1n) is 5.28. The molecule has 4 heteroatoms. The zero-order valence-corrected chi connectivity index (χ0v) is 11.4. The molecule has 0 amide bonds. The van der Waals surface area contributed by atoms with Gasteiger partial charge in [0.1, 0.15) is 5.75 Å². The maximum absolute atomic E-state index is 9.41. The highest BCUT2D eigenvalue weighted by atomic mass is 79.9. The molecule has 0 aliphatic heterocycles. The molecule has 0 spiro atoms. The molecule has 0 radical (unpaired) electrons. The number of rotatable bonds is 5. The third-order valence-electron chi connectivity index (χ3n) is 2.28. The van der Waals surface area contributed by atoms with Crippen LogP contribution in [0.1, 0.15) is 25.5 Å². The van der Waals surface area contributed by atoms with Crippen molar-refractivity contribution in [1.82, 2.24) is 5.32 Å². The van der Waals surface area contributed by atoms with Crippen molar-refractivity contribution in [2.45, 2.75) is 25.9 Å². The second-order valence-electron chi connectivity index (χ2n) is 3.94. The first-order chi connectivity index (χ1) is 7.58. The fourth-order valence-corrected chi connectivity index (χ4v) is 2.00. The molecule has 1 rings (SSSR count). The van der Waals surface area contributed by atoms with Crippen molar-refractivity contribution in [2.75, 3.05) is 13.7 Å². The molecule has 0 bridgehead atoms. The quantitative estimate of drug-likeness (QED) is 0.874. The molecule has 16 heavy (non-hydrogen) atoms. The number of aliphatic hydroxyl groups is 1. The number of hydrogen-bond donors (Lipinski definition) is 2. The summed E-state index contributed by atoms with van der Waals surface area (Å²) in [7, 11) is 1.64. The highest BCUT2D eigenvalue weighted by Gasteiger charge is 2.16. The number of nitrogens with one attached hydrogen (secondary N) is 1. The lowest BCUT2D eigenvalue weighted by Gasteiger charge is -2.21. The Bertz CT molecular complexity index is 342. The van der Waals surface area contributed by atoms with Crippen molar-refractivity contribution >= 4 is 15.9 Å². The minimum absolute atomic E-state index is 0.0466. The van der Waals surface area contributed by atoms with Crippen LogP contribution in [0, 0.1) is 0 Å². The summed E-state index contributed by atoms with van der Waals surface area (Å²) in [5.41, 5.74) is 0.966. The van der Waals surface area contributed by atoms with Crippen LogP contribution in [0.25, 0.3) is 0 Å². The van der Waals surface area contributed by atoms with Crippen LogP contribution in [-0.2, 0) is 0 Å². The van der Waals surface area contributed by atoms with E-state index in [0.29, 0.717) is 6.04 Å². The molecule has 1 unspecified atom stereocenters. The zero-order valence-electron chi connectivity index (χ0n) is 9.83. The molecule has 0 saturated carbocycles. The van der Waals surface area contributed by atoms with Crippen LogP contribution in [0.4, 0.5) is 0 Å². The topological polar surface area (TPSA) is 41.5 Å². The SMILES string of the molecule is COc1ccc(Br)cc1C(CO)NC(C)C. The summed E-state index contributed by atoms with van der Waals surface area (Å²) in [4.78, 5) is 0. The van der Waals surface area contributed by atoms with Crippen LogP contribution in [0.3, 0.4) is 0 Å². The largest absolute Gasteiger partial charge is 0.496 e. The van der Waals surface area contributed by atoms with Gasteiger partial charge in [0.2, 0.25) is 0 Å². The van der Waals surface area contributed by atoms with Crippen molar-refractivity contribution in [3.8, 4) is 5.75 Å². The first kappa shape index (κ1) is 13.5. The van der Waals surface area contributed by atoms with Crippen LogP contribution in [0.5, 0.6) is 5.75 Å². The Balaban J connectivity index is 3.02. The highest BCUT2D eigenvalue weighted by molar-refractivity contribution is 9.10. The molecule has 0 fully saturated rings. The fourth-order valence-electron chi connectivity index (χ4n) is 1.62. The molecule has 0 aliphatic carbocycles. The maximum Gasteiger partial charge on any atom is 0.123 e. The Hall–Kier alpha value is -0.580. The van der Waals surface area contributed by atoms with Gasteiger partial charge in [0, 0.05) is 16.1 Å². The lowest BCUT2D eigenvalue weighted by Crippen LogP contribution is -2.30. The lowest BCUT2D eigenvalue weighted by atomic mass is 10.1. The number of hydrogen-bond acceptors (Lipinski definition) is 3. The van der Waals surface area contributed by atoms with Crippen LogP contribution in [-0.4, -0.2) is 24.9 Å². The molecule has 2 N–H and O–H groups in total. The standard InChI is InChI=1S/C12H18BrNO2/c1-8(2)14-11(7-15)10-6-9(13)4-5-12(10)16-3/h4-6,8,11,14-15H,7H2,1-3H3. The fraction of sp³-hybridized carbons (Fsp3) is 0.500. The van der Waals surface area contributed by atoms with Crippen molar-refractivity contribution in [3.63, 3.8) is 0 Å². The first-order valence-corrected chi connectivity index (χ1v) is 6.08. The van der Waals surface area contributed by atoms with E-state index in [9.17, 15) is 5.11 Å². The van der Waals surface area contributed by atoms with Gasteiger partial charge in [0.15, 0.2) is 0 Å². The van der Waals surface area contributed by atoms with Crippen LogP contribution in [0.2, 0.25) is 0 Å². The molecule has 90 valence electrons. The number of ether oxygens (including phenoxy) is 1. The van der Waals surface area contributed by atoms with Crippen molar-refractivity contribution in [3.05, 3.63) is 28.2 Å². The molecule has 0 saturated heterocycles. The summed E-state index contributed by atoms with van der Waals surface area (Å²) in [6, 6.07) is 5.99. The Morgan fingerprint density at radius 2 is 2.12 bits per heavy atom. The number of halogens is 1. The van der Waals surface area contributed by atoms with E-state index in [-0.39, 0.29) is 12.6 Å². The van der Waals surface area contributed by atoms with Gasteiger partial charge < -0.3 is 15.2 Å². The number of benzene rings is 1. The summed E-state index contributed by atoms with van der Waals surface area (Å²) < 4.78 is 6.27. The van der Waals surface area contributed by atoms with Gasteiger partial charge >= 0.3 is 0 Å². The van der Waals surface area contributed by atoms with E-state index in [1.165, 1.54) is 0 Å². The van der Waals surface area contributed by atoms with Gasteiger partial charge in [-0.15, -0.1) is 0 Å². The summed E-state index contributed by atoms with van der Waals surface area (Å²) in [5.74, 6) is 0.787. The van der Waals surface area contributed by atoms with Crippen molar-refractivity contribution in [2.24, 2.45) is 0 Å². The predicted octanol–water partition coefficient (Wildman–Crippen LogP) is 2.49. The average molecular weight is 288 g/mol. The lowest BCUT2D eigenvalue weighted by molar-refractivity contribution is 0.234. The van der Waals surface area contributed by atoms with Crippen LogP contribution >= 0.6 is 15.9 Å². The van der Waals surface area contributed by atoms with E-state index >= 15 is 0 Å². The van der Waals surface area contributed by atoms with Crippen molar-refractivity contribution < 1.29 is 9.84 Å². The smallest absolute Gasteiger partial charge is 0.123 e. The second kappa shape index (κ2) is 6.23. The molecule has 0 aromatic heterocycles. The number of methoxy groups -OCH3 is 1. The van der Waals surface area contributed by atoms with Gasteiger partial charge in [0.05, 0.1) is 19.8 Å². The minimum Gasteiger partial charge on any atom is -0.496 e. The van der Waals surface area contributed by atoms with Gasteiger partial charge in [-0.1, -0.05) is 29.8 Å². The summed E-state index contributed by atoms with van der Waals surface area (Å²) in [5, 5.41) is 12.7. The summed E-state index contributed by atoms with van der Waals surface area (Å²) in [6.45, 7) is 4.14. The molecule has 1 aromatic rings. The van der Waals surface area contributed by atoms with Crippen LogP contribution in [0.15, 0.2) is 22.7 Å². The normalized spacial score (nSPS) is 12.9. The van der Waals surface area contributed by atoms with E-state index < -0.39 is 0 Å². The van der Waals surface area contributed by atoms with Crippen molar-refractivity contribution in [1.29, 1.82) is 0 Å². The Morgan fingerprint density at radius 1 is 1.44 bits per heavy atom. The third kappa shape index (κ3) is 3.47. The van der Waals surface area contributed by atoms with Gasteiger partial charge in [-0.3, -0.25) is 0 Å². The van der Waals surface area contributed by atoms with Gasteiger partial charge in [-0.25, -0.2) is 0 Å². The van der Waals surface area contributed by atoms with Crippen LogP contribution < -0.4 is 10.1 Å². The third-order valence-corrected chi connectivity index (χ3v) is 2.78. The highest BCUT2D eigenvalue weighted by Crippen LogP contribution is 2.28. The molecule has 3 nitrogen and oxygen atoms in total. The van der Waals surface area contributed by atoms with Gasteiger partial charge in [0.25, 0.3) is 0 Å². The molecule has 0 aliphatic rings. The monoisotopic (exact) mass is 287 g/mol. The summed E-state index contributed by atoms with van der Waals surface area (Å²) in [6.07, 6.45) is 0. The Kier molecular flexibility index (Phi) is 5.25. The van der Waals surface area contributed by atoms with Gasteiger partial charge in [-0.2, -0.15) is 0 Å². The molecular formula is C12H18BrNO2. The zero-order chi connectivity index (χ0) is 12.1. The van der Waals surface area contributed by atoms with E-state index in [1.54, 1.807) is 7.11 Å². The van der Waals surface area contributed by atoms with E-state index in [2.05, 4.69) is 21.2 Å². The van der Waals surface area contributed by atoms with E-state index in [1.807, 2.05) is 32.0 Å². The second-order valence-corrected chi connectivity index (χ2v) is 4.86. The average Bonchev–Trinajstić information content (AvgIpc) is 2.25. The Morgan fingerprint density at radius 3 is 2.62 bits per heavy atom. The van der Waals surface area contributed by atoms with Gasteiger partial charge in [-0.05, 0) is 18.2 Å². The molecule has 0 heterocycles. The molecular weight excluding hydrogens is 270 g/mol. The van der Waals surface area contributed by atoms with E-state index in [4.69, 9.17) is 4.74 Å². The molecule has 1 aromatic carbocycles. The maximum atomic E-state index is 9.41. The predicted molar refractivity (Wildman–Crippen MR) is 68.8 cm³/mol. The number of aliphatic hydroxyl groups excluding tert-OH is 1. The Labute approximate surface area is 105 Å². The van der Waals surface area contributed by atoms with E-state index in [0.717, 1.165) is 15.8 Å².